The van der Waals surface area contributed by atoms with Crippen molar-refractivity contribution in [2.24, 2.45) is 11.8 Å². The highest BCUT2D eigenvalue weighted by molar-refractivity contribution is 5.86. The van der Waals surface area contributed by atoms with Crippen LogP contribution in [0.4, 0.5) is 4.79 Å². The summed E-state index contributed by atoms with van der Waals surface area (Å²) in [6.07, 6.45) is -0.659. The zero-order chi connectivity index (χ0) is 24.2. The summed E-state index contributed by atoms with van der Waals surface area (Å²) in [6, 6.07) is 15.4. The minimum atomic E-state index is -0.897. The molecule has 0 saturated carbocycles. The van der Waals surface area contributed by atoms with Crippen molar-refractivity contribution in [1.82, 2.24) is 10.6 Å². The molecular weight excluding hydrogens is 436 g/mol. The van der Waals surface area contributed by atoms with Gasteiger partial charge in [0.05, 0.1) is 18.6 Å². The van der Waals surface area contributed by atoms with E-state index in [1.54, 1.807) is 0 Å². The van der Waals surface area contributed by atoms with Crippen molar-refractivity contribution in [2.45, 2.75) is 38.3 Å². The van der Waals surface area contributed by atoms with E-state index in [0.717, 1.165) is 22.3 Å². The molecule has 0 unspecified atom stereocenters. The maximum absolute atomic E-state index is 12.7. The molecule has 8 heteroatoms. The van der Waals surface area contributed by atoms with Crippen LogP contribution < -0.4 is 10.6 Å². The van der Waals surface area contributed by atoms with Gasteiger partial charge in [-0.25, -0.2) is 4.79 Å². The van der Waals surface area contributed by atoms with Gasteiger partial charge in [-0.1, -0.05) is 62.4 Å². The molecule has 0 bridgehead atoms. The van der Waals surface area contributed by atoms with Crippen LogP contribution in [-0.2, 0) is 19.1 Å². The second-order valence-corrected chi connectivity index (χ2v) is 9.16. The predicted molar refractivity (Wildman–Crippen MR) is 125 cm³/mol. The van der Waals surface area contributed by atoms with Gasteiger partial charge in [0.25, 0.3) is 0 Å². The molecule has 1 heterocycles. The lowest BCUT2D eigenvalue weighted by atomic mass is 9.98. The molecule has 1 fully saturated rings. The SMILES string of the molecule is CC(C)[C@@H](NC(=O)OCC1c2ccccc2-c2ccccc21)C(=O)NC[C@@H]1C[C@H](C(=O)O)CO1. The van der Waals surface area contributed by atoms with Crippen molar-refractivity contribution in [3.63, 3.8) is 0 Å². The number of nitrogens with one attached hydrogen (secondary N) is 2. The highest BCUT2D eigenvalue weighted by atomic mass is 16.5. The average Bonchev–Trinajstić information content (AvgIpc) is 3.43. The Kier molecular flexibility index (Phi) is 7.17. The molecule has 0 radical (unpaired) electrons. The third-order valence-electron chi connectivity index (χ3n) is 6.50. The molecule has 2 amide bonds. The molecule has 3 atom stereocenters. The van der Waals surface area contributed by atoms with Gasteiger partial charge in [-0.05, 0) is 34.6 Å². The fraction of sp³-hybridized carbons (Fsp3) is 0.423. The summed E-state index contributed by atoms with van der Waals surface area (Å²) < 4.78 is 11.0. The number of rotatable bonds is 8. The van der Waals surface area contributed by atoms with Crippen molar-refractivity contribution < 1.29 is 29.0 Å². The van der Waals surface area contributed by atoms with Gasteiger partial charge in [-0.3, -0.25) is 9.59 Å². The Labute approximate surface area is 198 Å². The van der Waals surface area contributed by atoms with Crippen LogP contribution in [0.2, 0.25) is 0 Å². The van der Waals surface area contributed by atoms with Crippen LogP contribution in [-0.4, -0.2) is 55.0 Å². The zero-order valence-corrected chi connectivity index (χ0v) is 19.3. The molecule has 2 aromatic rings. The molecule has 3 N–H and O–H groups in total. The van der Waals surface area contributed by atoms with Crippen molar-refractivity contribution in [1.29, 1.82) is 0 Å². The third kappa shape index (κ3) is 5.07. The van der Waals surface area contributed by atoms with E-state index in [0.29, 0.717) is 6.42 Å². The van der Waals surface area contributed by atoms with E-state index in [2.05, 4.69) is 22.8 Å². The van der Waals surface area contributed by atoms with E-state index in [1.165, 1.54) is 0 Å². The number of carboxylic acids is 1. The number of benzene rings is 2. The van der Waals surface area contributed by atoms with Gasteiger partial charge >= 0.3 is 12.1 Å². The maximum Gasteiger partial charge on any atom is 0.407 e. The fourth-order valence-electron chi connectivity index (χ4n) is 4.65. The second-order valence-electron chi connectivity index (χ2n) is 9.16. The minimum Gasteiger partial charge on any atom is -0.481 e. The number of fused-ring (bicyclic) bond motifs is 3. The van der Waals surface area contributed by atoms with Crippen LogP contribution in [0.25, 0.3) is 11.1 Å². The lowest BCUT2D eigenvalue weighted by Crippen LogP contribution is -2.51. The summed E-state index contributed by atoms with van der Waals surface area (Å²) in [5, 5.41) is 14.5. The van der Waals surface area contributed by atoms with Crippen LogP contribution in [0, 0.1) is 11.8 Å². The number of carboxylic acid groups (broad SMARTS) is 1. The Bertz CT molecular complexity index is 1020. The highest BCUT2D eigenvalue weighted by Gasteiger charge is 2.33. The van der Waals surface area contributed by atoms with Crippen LogP contribution >= 0.6 is 0 Å². The van der Waals surface area contributed by atoms with E-state index in [9.17, 15) is 14.4 Å². The van der Waals surface area contributed by atoms with E-state index in [4.69, 9.17) is 14.6 Å². The number of hydrogen-bond acceptors (Lipinski definition) is 5. The van der Waals surface area contributed by atoms with Gasteiger partial charge in [-0.2, -0.15) is 0 Å². The topological polar surface area (TPSA) is 114 Å². The molecule has 1 aliphatic heterocycles. The molecular formula is C26H30N2O6. The lowest BCUT2D eigenvalue weighted by Gasteiger charge is -2.23. The average molecular weight is 467 g/mol. The number of carbonyl (C=O) groups excluding carboxylic acids is 2. The van der Waals surface area contributed by atoms with Crippen LogP contribution in [0.5, 0.6) is 0 Å². The smallest absolute Gasteiger partial charge is 0.407 e. The Morgan fingerprint density at radius 1 is 1.06 bits per heavy atom. The molecule has 2 aliphatic rings. The van der Waals surface area contributed by atoms with Gasteiger partial charge in [0, 0.05) is 12.5 Å². The summed E-state index contributed by atoms with van der Waals surface area (Å²) in [4.78, 5) is 36.4. The number of ether oxygens (including phenoxy) is 2. The quantitative estimate of drug-likeness (QED) is 0.551. The molecule has 8 nitrogen and oxygen atoms in total. The van der Waals surface area contributed by atoms with E-state index in [-0.39, 0.29) is 43.6 Å². The Morgan fingerprint density at radius 3 is 2.24 bits per heavy atom. The Hall–Kier alpha value is -3.39. The maximum atomic E-state index is 12.7. The molecule has 180 valence electrons. The van der Waals surface area contributed by atoms with Crippen molar-refractivity contribution >= 4 is 18.0 Å². The largest absolute Gasteiger partial charge is 0.481 e. The predicted octanol–water partition coefficient (Wildman–Crippen LogP) is 3.16. The number of carbonyl (C=O) groups is 3. The number of hydrogen-bond donors (Lipinski definition) is 3. The number of alkyl carbamates (subject to hydrolysis) is 1. The van der Waals surface area contributed by atoms with Gasteiger partial charge in [0.15, 0.2) is 0 Å². The van der Waals surface area contributed by atoms with Crippen molar-refractivity contribution in [2.75, 3.05) is 19.8 Å². The van der Waals surface area contributed by atoms with Crippen LogP contribution in [0.1, 0.15) is 37.3 Å². The van der Waals surface area contributed by atoms with Gasteiger partial charge in [-0.15, -0.1) is 0 Å². The summed E-state index contributed by atoms with van der Waals surface area (Å²) in [6.45, 7) is 4.17. The summed E-state index contributed by atoms with van der Waals surface area (Å²) in [7, 11) is 0. The van der Waals surface area contributed by atoms with Crippen LogP contribution in [0.3, 0.4) is 0 Å². The van der Waals surface area contributed by atoms with Crippen molar-refractivity contribution in [3.05, 3.63) is 59.7 Å². The Morgan fingerprint density at radius 2 is 1.68 bits per heavy atom. The normalized spacial score (nSPS) is 19.9. The summed E-state index contributed by atoms with van der Waals surface area (Å²) in [5.74, 6) is -2.04. The Balaban J connectivity index is 1.32. The number of amides is 2. The first kappa shape index (κ1) is 23.8. The van der Waals surface area contributed by atoms with Gasteiger partial charge in [0.2, 0.25) is 5.91 Å². The van der Waals surface area contributed by atoms with E-state index in [1.807, 2.05) is 50.2 Å². The first-order chi connectivity index (χ1) is 16.3. The molecule has 4 rings (SSSR count). The minimum absolute atomic E-state index is 0.0637. The molecule has 34 heavy (non-hydrogen) atoms. The molecule has 1 saturated heterocycles. The molecule has 2 aromatic carbocycles. The monoisotopic (exact) mass is 466 g/mol. The standard InChI is InChI=1S/C26H30N2O6/c1-15(2)23(24(29)27-12-17-11-16(13-33-17)25(30)31)28-26(32)34-14-22-20-9-5-3-7-18(20)19-8-4-6-10-21(19)22/h3-10,15-17,22-23H,11-14H2,1-2H3,(H,27,29)(H,28,32)(H,30,31)/t16-,17-,23+/m0/s1. The fourth-order valence-corrected chi connectivity index (χ4v) is 4.65. The van der Waals surface area contributed by atoms with Crippen LogP contribution in [0.15, 0.2) is 48.5 Å². The van der Waals surface area contributed by atoms with E-state index < -0.39 is 24.0 Å². The first-order valence-electron chi connectivity index (χ1n) is 11.6. The number of aliphatic carboxylic acids is 1. The molecule has 0 spiro atoms. The zero-order valence-electron chi connectivity index (χ0n) is 19.3. The lowest BCUT2D eigenvalue weighted by molar-refractivity contribution is -0.141. The molecule has 0 aromatic heterocycles. The van der Waals surface area contributed by atoms with E-state index >= 15 is 0 Å². The molecule has 1 aliphatic carbocycles. The highest BCUT2D eigenvalue weighted by Crippen LogP contribution is 2.44. The van der Waals surface area contributed by atoms with Gasteiger partial charge in [0.1, 0.15) is 12.6 Å². The summed E-state index contributed by atoms with van der Waals surface area (Å²) >= 11 is 0. The second kappa shape index (κ2) is 10.3. The summed E-state index contributed by atoms with van der Waals surface area (Å²) in [5.41, 5.74) is 4.52. The third-order valence-corrected chi connectivity index (χ3v) is 6.50. The first-order valence-corrected chi connectivity index (χ1v) is 11.6. The van der Waals surface area contributed by atoms with Crippen molar-refractivity contribution in [3.8, 4) is 11.1 Å². The van der Waals surface area contributed by atoms with Gasteiger partial charge < -0.3 is 25.2 Å².